The fourth-order valence-corrected chi connectivity index (χ4v) is 2.57. The largest absolute Gasteiger partial charge is 0.316 e. The van der Waals surface area contributed by atoms with Crippen LogP contribution in [0.4, 0.5) is 0 Å². The van der Waals surface area contributed by atoms with Gasteiger partial charge in [-0.05, 0) is 32.2 Å². The molecule has 2 fully saturated rings. The topological polar surface area (TPSA) is 29.1 Å². The van der Waals surface area contributed by atoms with Gasteiger partial charge in [0.25, 0.3) is 0 Å². The van der Waals surface area contributed by atoms with Crippen molar-refractivity contribution in [1.29, 1.82) is 0 Å². The molecule has 76 valence electrons. The summed E-state index contributed by atoms with van der Waals surface area (Å²) in [5, 5.41) is 3.35. The molecule has 0 radical (unpaired) electrons. The number of rotatable bonds is 0. The van der Waals surface area contributed by atoms with Crippen molar-refractivity contribution in [2.75, 3.05) is 13.1 Å². The van der Waals surface area contributed by atoms with Crippen LogP contribution in [0.5, 0.6) is 0 Å². The van der Waals surface area contributed by atoms with Gasteiger partial charge in [-0.1, -0.05) is 6.42 Å². The van der Waals surface area contributed by atoms with Crippen LogP contribution in [0.1, 0.15) is 38.5 Å². The molecule has 0 amide bonds. The molecule has 1 heterocycles. The van der Waals surface area contributed by atoms with Crippen molar-refractivity contribution in [1.82, 2.24) is 5.32 Å². The lowest BCUT2D eigenvalue weighted by atomic mass is 9.69. The van der Waals surface area contributed by atoms with Crippen LogP contribution in [0.3, 0.4) is 0 Å². The summed E-state index contributed by atoms with van der Waals surface area (Å²) < 4.78 is 0. The van der Waals surface area contributed by atoms with Crippen molar-refractivity contribution in [3.63, 3.8) is 0 Å². The summed E-state index contributed by atoms with van der Waals surface area (Å²) in [5.41, 5.74) is 0.0660. The number of hydrogen-bond donors (Lipinski definition) is 1. The van der Waals surface area contributed by atoms with Crippen molar-refractivity contribution in [3.05, 3.63) is 0 Å². The van der Waals surface area contributed by atoms with Gasteiger partial charge in [-0.3, -0.25) is 4.79 Å². The number of halogens is 1. The highest BCUT2D eigenvalue weighted by Crippen LogP contribution is 2.38. The SMILES string of the molecule is Cl.O=C1CCCCC12CCCNC2. The van der Waals surface area contributed by atoms with Crippen molar-refractivity contribution in [3.8, 4) is 0 Å². The third-order valence-corrected chi connectivity index (χ3v) is 3.37. The van der Waals surface area contributed by atoms with Gasteiger partial charge >= 0.3 is 0 Å². The Morgan fingerprint density at radius 2 is 1.92 bits per heavy atom. The van der Waals surface area contributed by atoms with Crippen LogP contribution in [0.25, 0.3) is 0 Å². The Hall–Kier alpha value is -0.0800. The van der Waals surface area contributed by atoms with Crippen molar-refractivity contribution < 1.29 is 4.79 Å². The second-order valence-corrected chi connectivity index (χ2v) is 4.19. The van der Waals surface area contributed by atoms with E-state index in [0.717, 1.165) is 38.8 Å². The van der Waals surface area contributed by atoms with E-state index in [1.54, 1.807) is 0 Å². The molecule has 13 heavy (non-hydrogen) atoms. The average Bonchev–Trinajstić information content (AvgIpc) is 2.12. The Balaban J connectivity index is 0.000000845. The van der Waals surface area contributed by atoms with Gasteiger partial charge in [-0.25, -0.2) is 0 Å². The molecule has 0 bridgehead atoms. The van der Waals surface area contributed by atoms with Gasteiger partial charge < -0.3 is 5.32 Å². The molecule has 0 aromatic heterocycles. The minimum atomic E-state index is 0. The number of piperidine rings is 1. The van der Waals surface area contributed by atoms with E-state index in [0.29, 0.717) is 5.78 Å². The van der Waals surface area contributed by atoms with Crippen LogP contribution in [0, 0.1) is 5.41 Å². The maximum Gasteiger partial charge on any atom is 0.140 e. The molecule has 1 spiro atoms. The van der Waals surface area contributed by atoms with Crippen molar-refractivity contribution in [2.24, 2.45) is 5.41 Å². The van der Waals surface area contributed by atoms with Crippen LogP contribution in [0.15, 0.2) is 0 Å². The number of hydrogen-bond acceptors (Lipinski definition) is 2. The second kappa shape index (κ2) is 4.43. The van der Waals surface area contributed by atoms with Crippen molar-refractivity contribution in [2.45, 2.75) is 38.5 Å². The van der Waals surface area contributed by atoms with Gasteiger partial charge in [0.1, 0.15) is 5.78 Å². The van der Waals surface area contributed by atoms with Gasteiger partial charge in [0.05, 0.1) is 0 Å². The second-order valence-electron chi connectivity index (χ2n) is 4.19. The molecule has 2 nitrogen and oxygen atoms in total. The monoisotopic (exact) mass is 203 g/mol. The Morgan fingerprint density at radius 3 is 2.54 bits per heavy atom. The van der Waals surface area contributed by atoms with Gasteiger partial charge in [0.15, 0.2) is 0 Å². The highest BCUT2D eigenvalue weighted by Gasteiger charge is 2.40. The van der Waals surface area contributed by atoms with E-state index in [4.69, 9.17) is 0 Å². The van der Waals surface area contributed by atoms with Crippen LogP contribution < -0.4 is 5.32 Å². The summed E-state index contributed by atoms with van der Waals surface area (Å²) in [5.74, 6) is 0.529. The Kier molecular flexibility index (Phi) is 3.74. The molecular formula is C10H18ClNO. The molecule has 1 atom stereocenters. The molecule has 1 saturated carbocycles. The van der Waals surface area contributed by atoms with E-state index < -0.39 is 0 Å². The highest BCUT2D eigenvalue weighted by atomic mass is 35.5. The van der Waals surface area contributed by atoms with E-state index in [2.05, 4.69) is 5.32 Å². The van der Waals surface area contributed by atoms with Gasteiger partial charge in [-0.2, -0.15) is 0 Å². The van der Waals surface area contributed by atoms with Crippen molar-refractivity contribution >= 4 is 18.2 Å². The minimum absolute atomic E-state index is 0. The predicted molar refractivity (Wildman–Crippen MR) is 55.3 cm³/mol. The first kappa shape index (κ1) is 11.0. The molecule has 1 aliphatic heterocycles. The number of ketones is 1. The molecular weight excluding hydrogens is 186 g/mol. The highest BCUT2D eigenvalue weighted by molar-refractivity contribution is 5.86. The first-order chi connectivity index (χ1) is 5.83. The van der Waals surface area contributed by atoms with Gasteiger partial charge in [-0.15, -0.1) is 12.4 Å². The first-order valence-electron chi connectivity index (χ1n) is 5.08. The maximum atomic E-state index is 11.7. The summed E-state index contributed by atoms with van der Waals surface area (Å²) in [6.45, 7) is 2.06. The number of carbonyl (C=O) groups excluding carboxylic acids is 1. The fraction of sp³-hybridized carbons (Fsp3) is 0.900. The quantitative estimate of drug-likeness (QED) is 0.652. The third kappa shape index (κ3) is 2.05. The summed E-state index contributed by atoms with van der Waals surface area (Å²) >= 11 is 0. The predicted octanol–water partition coefficient (Wildman–Crippen LogP) is 1.92. The first-order valence-corrected chi connectivity index (χ1v) is 5.08. The number of Topliss-reactive ketones (excluding diaryl/α,β-unsaturated/α-hetero) is 1. The molecule has 1 saturated heterocycles. The lowest BCUT2D eigenvalue weighted by Crippen LogP contribution is -2.46. The van der Waals surface area contributed by atoms with E-state index in [9.17, 15) is 4.79 Å². The van der Waals surface area contributed by atoms with Gasteiger partial charge in [0.2, 0.25) is 0 Å². The lowest BCUT2D eigenvalue weighted by Gasteiger charge is -2.39. The summed E-state index contributed by atoms with van der Waals surface area (Å²) in [7, 11) is 0. The summed E-state index contributed by atoms with van der Waals surface area (Å²) in [4.78, 5) is 11.7. The van der Waals surface area contributed by atoms with E-state index in [1.807, 2.05) is 0 Å². The summed E-state index contributed by atoms with van der Waals surface area (Å²) in [6.07, 6.45) is 6.68. The molecule has 2 aliphatic rings. The van der Waals surface area contributed by atoms with E-state index >= 15 is 0 Å². The maximum absolute atomic E-state index is 11.7. The zero-order valence-electron chi connectivity index (χ0n) is 7.97. The van der Waals surface area contributed by atoms with E-state index in [1.165, 1.54) is 12.8 Å². The zero-order valence-corrected chi connectivity index (χ0v) is 8.79. The smallest absolute Gasteiger partial charge is 0.140 e. The number of nitrogens with one attached hydrogen (secondary N) is 1. The molecule has 2 rings (SSSR count). The fourth-order valence-electron chi connectivity index (χ4n) is 2.57. The minimum Gasteiger partial charge on any atom is -0.316 e. The molecule has 1 aliphatic carbocycles. The summed E-state index contributed by atoms with van der Waals surface area (Å²) in [6, 6.07) is 0. The van der Waals surface area contributed by atoms with Gasteiger partial charge in [0, 0.05) is 18.4 Å². The molecule has 1 N–H and O–H groups in total. The average molecular weight is 204 g/mol. The third-order valence-electron chi connectivity index (χ3n) is 3.37. The lowest BCUT2D eigenvalue weighted by molar-refractivity contribution is -0.132. The van der Waals surface area contributed by atoms with Crippen LogP contribution >= 0.6 is 12.4 Å². The standard InChI is InChI=1S/C10H17NO.ClH/c12-9-4-1-2-5-10(9)6-3-7-11-8-10;/h11H,1-8H2;1H. The molecule has 0 aromatic carbocycles. The Bertz CT molecular complexity index is 179. The molecule has 3 heteroatoms. The van der Waals surface area contributed by atoms with Crippen LogP contribution in [-0.2, 0) is 4.79 Å². The normalized spacial score (nSPS) is 34.3. The molecule has 0 aromatic rings. The number of carbonyl (C=O) groups is 1. The molecule has 1 unspecified atom stereocenters. The van der Waals surface area contributed by atoms with Crippen LogP contribution in [0.2, 0.25) is 0 Å². The Labute approximate surface area is 85.9 Å². The zero-order chi connectivity index (χ0) is 8.44. The van der Waals surface area contributed by atoms with Crippen LogP contribution in [-0.4, -0.2) is 18.9 Å². The Morgan fingerprint density at radius 1 is 1.15 bits per heavy atom. The van der Waals surface area contributed by atoms with E-state index in [-0.39, 0.29) is 17.8 Å².